The van der Waals surface area contributed by atoms with Crippen molar-refractivity contribution < 1.29 is 9.18 Å². The first-order valence-electron chi connectivity index (χ1n) is 9.89. The van der Waals surface area contributed by atoms with E-state index in [0.29, 0.717) is 24.2 Å². The fourth-order valence-corrected chi connectivity index (χ4v) is 3.98. The van der Waals surface area contributed by atoms with Gasteiger partial charge in [0.2, 0.25) is 5.91 Å². The van der Waals surface area contributed by atoms with E-state index in [2.05, 4.69) is 33.2 Å². The van der Waals surface area contributed by atoms with Gasteiger partial charge < -0.3 is 5.32 Å². The molecule has 2 aromatic rings. The highest BCUT2D eigenvalue weighted by Crippen LogP contribution is 2.27. The number of carbonyl (C=O) groups is 1. The van der Waals surface area contributed by atoms with Crippen LogP contribution >= 0.6 is 0 Å². The molecule has 0 saturated carbocycles. The van der Waals surface area contributed by atoms with Crippen molar-refractivity contribution in [3.05, 3.63) is 59.7 Å². The molecular weight excluding hydrogens is 357 g/mol. The summed E-state index contributed by atoms with van der Waals surface area (Å²) in [6.07, 6.45) is 5.18. The van der Waals surface area contributed by atoms with Gasteiger partial charge in [-0.1, -0.05) is 6.07 Å². The molecule has 2 aliphatic heterocycles. The van der Waals surface area contributed by atoms with Crippen LogP contribution in [-0.4, -0.2) is 42.0 Å². The van der Waals surface area contributed by atoms with E-state index in [-0.39, 0.29) is 11.7 Å². The topological polar surface area (TPSA) is 69.3 Å². The largest absolute Gasteiger partial charge is 0.325 e. The average molecular weight is 383 g/mol. The number of piperidine rings is 1. The van der Waals surface area contributed by atoms with Crippen LogP contribution in [0.2, 0.25) is 0 Å². The second-order valence-corrected chi connectivity index (χ2v) is 7.56. The zero-order chi connectivity index (χ0) is 19.3. The van der Waals surface area contributed by atoms with Crippen molar-refractivity contribution in [1.82, 2.24) is 20.7 Å². The molecule has 1 aromatic heterocycles. The molecule has 6 nitrogen and oxygen atoms in total. The van der Waals surface area contributed by atoms with E-state index < -0.39 is 0 Å². The first-order valence-corrected chi connectivity index (χ1v) is 9.89. The number of benzene rings is 1. The predicted molar refractivity (Wildman–Crippen MR) is 106 cm³/mol. The molecule has 1 aromatic carbocycles. The molecule has 2 atom stereocenters. The lowest BCUT2D eigenvalue weighted by molar-refractivity contribution is -0.117. The Labute approximate surface area is 164 Å². The highest BCUT2D eigenvalue weighted by Gasteiger charge is 2.24. The van der Waals surface area contributed by atoms with Gasteiger partial charge >= 0.3 is 0 Å². The van der Waals surface area contributed by atoms with Crippen LogP contribution in [-0.2, 0) is 4.79 Å². The Kier molecular flexibility index (Phi) is 5.95. The summed E-state index contributed by atoms with van der Waals surface area (Å²) in [5.74, 6) is -0.0400. The number of amides is 1. The van der Waals surface area contributed by atoms with Crippen molar-refractivity contribution >= 4 is 11.6 Å². The molecule has 0 bridgehead atoms. The summed E-state index contributed by atoms with van der Waals surface area (Å²) >= 11 is 0. The van der Waals surface area contributed by atoms with E-state index in [9.17, 15) is 9.18 Å². The molecule has 2 saturated heterocycles. The number of aromatic nitrogens is 1. The van der Waals surface area contributed by atoms with Gasteiger partial charge in [0.25, 0.3) is 0 Å². The van der Waals surface area contributed by atoms with Gasteiger partial charge in [0.15, 0.2) is 0 Å². The third-order valence-electron chi connectivity index (χ3n) is 5.46. The number of hydrogen-bond acceptors (Lipinski definition) is 5. The van der Waals surface area contributed by atoms with Crippen molar-refractivity contribution in [2.45, 2.75) is 31.2 Å². The zero-order valence-electron chi connectivity index (χ0n) is 15.8. The molecule has 7 heteroatoms. The van der Waals surface area contributed by atoms with Crippen molar-refractivity contribution in [3.63, 3.8) is 0 Å². The Balaban J connectivity index is 1.32. The first-order chi connectivity index (χ1) is 13.7. The summed E-state index contributed by atoms with van der Waals surface area (Å²) in [5.41, 5.74) is 9.33. The van der Waals surface area contributed by atoms with E-state index in [1.807, 2.05) is 6.20 Å². The van der Waals surface area contributed by atoms with E-state index in [1.54, 1.807) is 12.1 Å². The first kappa shape index (κ1) is 19.0. The SMILES string of the molecule is O=C(CN1CCCC(c2ccc(C3CCNN3)cn2)C1)Nc1ccc(F)cc1. The van der Waals surface area contributed by atoms with Gasteiger partial charge in [0.1, 0.15) is 5.82 Å². The fourth-order valence-electron chi connectivity index (χ4n) is 3.98. The number of halogens is 1. The Bertz CT molecular complexity index is 789. The molecular formula is C21H26FN5O. The predicted octanol–water partition coefficient (Wildman–Crippen LogP) is 2.58. The molecule has 3 N–H and O–H groups in total. The fraction of sp³-hybridized carbons (Fsp3) is 0.429. The van der Waals surface area contributed by atoms with Gasteiger partial charge in [0, 0.05) is 42.6 Å². The maximum atomic E-state index is 13.0. The van der Waals surface area contributed by atoms with Crippen LogP contribution in [0.5, 0.6) is 0 Å². The number of likely N-dealkylation sites (tertiary alicyclic amines) is 1. The number of hydrogen-bond donors (Lipinski definition) is 3. The molecule has 4 rings (SSSR count). The summed E-state index contributed by atoms with van der Waals surface area (Å²) in [7, 11) is 0. The van der Waals surface area contributed by atoms with Crippen molar-refractivity contribution in [3.8, 4) is 0 Å². The van der Waals surface area contributed by atoms with Crippen molar-refractivity contribution in [1.29, 1.82) is 0 Å². The Morgan fingerprint density at radius 1 is 1.21 bits per heavy atom. The van der Waals surface area contributed by atoms with Crippen LogP contribution in [0.4, 0.5) is 10.1 Å². The lowest BCUT2D eigenvalue weighted by Crippen LogP contribution is -2.40. The normalized spacial score (nSPS) is 22.9. The lowest BCUT2D eigenvalue weighted by atomic mass is 9.93. The minimum atomic E-state index is -0.310. The zero-order valence-corrected chi connectivity index (χ0v) is 15.8. The molecule has 3 heterocycles. The molecule has 28 heavy (non-hydrogen) atoms. The molecule has 2 unspecified atom stereocenters. The number of rotatable bonds is 5. The van der Waals surface area contributed by atoms with Crippen molar-refractivity contribution in [2.75, 3.05) is 31.5 Å². The molecule has 0 spiro atoms. The quantitative estimate of drug-likeness (QED) is 0.740. The number of pyridine rings is 1. The second-order valence-electron chi connectivity index (χ2n) is 7.56. The average Bonchev–Trinajstić information content (AvgIpc) is 3.25. The van der Waals surface area contributed by atoms with Crippen LogP contribution in [0.3, 0.4) is 0 Å². The third-order valence-corrected chi connectivity index (χ3v) is 5.46. The van der Waals surface area contributed by atoms with E-state index >= 15 is 0 Å². The standard InChI is InChI=1S/C21H26FN5O/c22-17-4-6-18(7-5-17)25-21(28)14-27-11-1-2-16(13-27)19-8-3-15(12-23-19)20-9-10-24-26-20/h3-8,12,16,20,24,26H,1-2,9-11,13-14H2,(H,25,28). The highest BCUT2D eigenvalue weighted by atomic mass is 19.1. The van der Waals surface area contributed by atoms with Gasteiger partial charge in [-0.05, 0) is 61.7 Å². The van der Waals surface area contributed by atoms with Crippen LogP contribution in [0.15, 0.2) is 42.6 Å². The second kappa shape index (κ2) is 8.77. The summed E-state index contributed by atoms with van der Waals surface area (Å²) in [4.78, 5) is 19.2. The van der Waals surface area contributed by atoms with Gasteiger partial charge in [-0.2, -0.15) is 0 Å². The maximum Gasteiger partial charge on any atom is 0.238 e. The minimum Gasteiger partial charge on any atom is -0.325 e. The maximum absolute atomic E-state index is 13.0. The summed E-state index contributed by atoms with van der Waals surface area (Å²) in [6, 6.07) is 10.5. The summed E-state index contributed by atoms with van der Waals surface area (Å²) in [5, 5.41) is 2.83. The molecule has 2 aliphatic rings. The number of nitrogens with one attached hydrogen (secondary N) is 3. The molecule has 2 fully saturated rings. The number of nitrogens with zero attached hydrogens (tertiary/aromatic N) is 2. The summed E-state index contributed by atoms with van der Waals surface area (Å²) < 4.78 is 13.0. The highest BCUT2D eigenvalue weighted by molar-refractivity contribution is 5.92. The van der Waals surface area contributed by atoms with E-state index in [1.165, 1.54) is 17.7 Å². The van der Waals surface area contributed by atoms with Crippen LogP contribution in [0.25, 0.3) is 0 Å². The van der Waals surface area contributed by atoms with Crippen molar-refractivity contribution in [2.24, 2.45) is 0 Å². The molecule has 1 amide bonds. The smallest absolute Gasteiger partial charge is 0.238 e. The van der Waals surface area contributed by atoms with Gasteiger partial charge in [0.05, 0.1) is 6.54 Å². The van der Waals surface area contributed by atoms with E-state index in [0.717, 1.165) is 44.6 Å². The minimum absolute atomic E-state index is 0.0737. The lowest BCUT2D eigenvalue weighted by Gasteiger charge is -2.32. The Hall–Kier alpha value is -2.35. The number of carbonyl (C=O) groups excluding carboxylic acids is 1. The van der Waals surface area contributed by atoms with Crippen LogP contribution in [0.1, 0.15) is 42.5 Å². The van der Waals surface area contributed by atoms with Gasteiger partial charge in [-0.25, -0.2) is 4.39 Å². The Morgan fingerprint density at radius 2 is 2.07 bits per heavy atom. The molecule has 0 aliphatic carbocycles. The van der Waals surface area contributed by atoms with Crippen LogP contribution in [0, 0.1) is 5.82 Å². The Morgan fingerprint density at radius 3 is 2.79 bits per heavy atom. The molecule has 0 radical (unpaired) electrons. The molecule has 148 valence electrons. The summed E-state index contributed by atoms with van der Waals surface area (Å²) in [6.45, 7) is 3.04. The van der Waals surface area contributed by atoms with E-state index in [4.69, 9.17) is 4.98 Å². The van der Waals surface area contributed by atoms with Gasteiger partial charge in [-0.3, -0.25) is 25.5 Å². The third kappa shape index (κ3) is 4.73. The number of anilines is 1. The monoisotopic (exact) mass is 383 g/mol. The van der Waals surface area contributed by atoms with Crippen LogP contribution < -0.4 is 16.2 Å². The number of hydrazine groups is 1. The van der Waals surface area contributed by atoms with Gasteiger partial charge in [-0.15, -0.1) is 0 Å².